The maximum absolute atomic E-state index is 11.1. The first kappa shape index (κ1) is 14.1. The van der Waals surface area contributed by atoms with Gasteiger partial charge in [-0.3, -0.25) is 4.79 Å². The number of rotatable bonds is 7. The molecule has 7 nitrogen and oxygen atoms in total. The van der Waals surface area contributed by atoms with Crippen molar-refractivity contribution < 1.29 is 9.53 Å². The molecule has 0 aromatic carbocycles. The molecule has 0 saturated carbocycles. The van der Waals surface area contributed by atoms with E-state index in [9.17, 15) is 4.79 Å². The van der Waals surface area contributed by atoms with Gasteiger partial charge in [0.25, 0.3) is 0 Å². The Labute approximate surface area is 117 Å². The molecule has 0 unspecified atom stereocenters. The van der Waals surface area contributed by atoms with E-state index in [0.717, 1.165) is 24.4 Å². The van der Waals surface area contributed by atoms with Crippen LogP contribution in [0.2, 0.25) is 0 Å². The second-order valence-electron chi connectivity index (χ2n) is 4.31. The maximum Gasteiger partial charge on any atom is 0.307 e. The van der Waals surface area contributed by atoms with Gasteiger partial charge in [-0.25, -0.2) is 9.97 Å². The third kappa shape index (κ3) is 3.37. The molecule has 2 aromatic rings. The number of carbonyl (C=O) groups excluding carboxylic acids is 1. The van der Waals surface area contributed by atoms with Crippen LogP contribution in [0.3, 0.4) is 0 Å². The van der Waals surface area contributed by atoms with E-state index in [-0.39, 0.29) is 12.4 Å². The summed E-state index contributed by atoms with van der Waals surface area (Å²) in [6.45, 7) is 3.41. The van der Waals surface area contributed by atoms with Gasteiger partial charge in [0, 0.05) is 25.5 Å². The molecule has 0 fully saturated rings. The van der Waals surface area contributed by atoms with Crippen molar-refractivity contribution in [2.24, 2.45) is 0 Å². The highest BCUT2D eigenvalue weighted by Gasteiger charge is 2.08. The zero-order valence-corrected chi connectivity index (χ0v) is 11.7. The molecule has 0 atom stereocenters. The van der Waals surface area contributed by atoms with Crippen LogP contribution in [0.25, 0.3) is 5.65 Å². The maximum atomic E-state index is 11.1. The van der Waals surface area contributed by atoms with Crippen molar-refractivity contribution in [2.45, 2.75) is 19.8 Å². The largest absolute Gasteiger partial charge is 0.469 e. The number of ether oxygens (including phenoxy) is 1. The van der Waals surface area contributed by atoms with Crippen LogP contribution in [0.4, 0.5) is 11.6 Å². The lowest BCUT2D eigenvalue weighted by Crippen LogP contribution is -2.12. The standard InChI is InChI=1S/C13H19N5O2/c1-3-5-14-10-9-18-8-7-16-13(18)12(17-10)15-6-4-11(19)20-2/h7-9,14H,3-6H2,1-2H3,(H,15,17). The normalized spacial score (nSPS) is 10.5. The Morgan fingerprint density at radius 1 is 1.40 bits per heavy atom. The molecule has 108 valence electrons. The molecule has 0 bridgehead atoms. The molecule has 0 spiro atoms. The Balaban J connectivity index is 2.12. The highest BCUT2D eigenvalue weighted by atomic mass is 16.5. The minimum absolute atomic E-state index is 0.253. The first-order valence-electron chi connectivity index (χ1n) is 6.63. The molecule has 2 aromatic heterocycles. The van der Waals surface area contributed by atoms with Gasteiger partial charge >= 0.3 is 5.97 Å². The number of methoxy groups -OCH3 is 1. The molecule has 0 amide bonds. The van der Waals surface area contributed by atoms with E-state index in [1.54, 1.807) is 6.20 Å². The van der Waals surface area contributed by atoms with Crippen molar-refractivity contribution in [1.82, 2.24) is 14.4 Å². The number of carbonyl (C=O) groups is 1. The van der Waals surface area contributed by atoms with Crippen LogP contribution in [0.1, 0.15) is 19.8 Å². The summed E-state index contributed by atoms with van der Waals surface area (Å²) in [5.74, 6) is 1.18. The van der Waals surface area contributed by atoms with E-state index < -0.39 is 0 Å². The molecule has 2 N–H and O–H groups in total. The molecule has 0 aliphatic carbocycles. The second kappa shape index (κ2) is 6.74. The molecule has 20 heavy (non-hydrogen) atoms. The molecular formula is C13H19N5O2. The van der Waals surface area contributed by atoms with Crippen molar-refractivity contribution in [1.29, 1.82) is 0 Å². The monoisotopic (exact) mass is 277 g/mol. The van der Waals surface area contributed by atoms with Crippen molar-refractivity contribution >= 4 is 23.3 Å². The zero-order valence-electron chi connectivity index (χ0n) is 11.7. The second-order valence-corrected chi connectivity index (χ2v) is 4.31. The van der Waals surface area contributed by atoms with E-state index in [1.165, 1.54) is 7.11 Å². The third-order valence-corrected chi connectivity index (χ3v) is 2.78. The summed E-state index contributed by atoms with van der Waals surface area (Å²) in [7, 11) is 1.38. The summed E-state index contributed by atoms with van der Waals surface area (Å²) in [5.41, 5.74) is 0.733. The Hall–Kier alpha value is -2.31. The number of hydrogen-bond donors (Lipinski definition) is 2. The fourth-order valence-electron chi connectivity index (χ4n) is 1.77. The van der Waals surface area contributed by atoms with Crippen LogP contribution < -0.4 is 10.6 Å². The van der Waals surface area contributed by atoms with E-state index in [2.05, 4.69) is 32.3 Å². The number of imidazole rings is 1. The molecular weight excluding hydrogens is 258 g/mol. The summed E-state index contributed by atoms with van der Waals surface area (Å²) in [6, 6.07) is 0. The van der Waals surface area contributed by atoms with Crippen LogP contribution >= 0.6 is 0 Å². The van der Waals surface area contributed by atoms with Crippen LogP contribution in [-0.4, -0.2) is 40.5 Å². The molecule has 7 heteroatoms. The first-order chi connectivity index (χ1) is 9.74. The molecule has 0 radical (unpaired) electrons. The predicted molar refractivity (Wildman–Crippen MR) is 76.9 cm³/mol. The number of nitrogens with one attached hydrogen (secondary N) is 2. The highest BCUT2D eigenvalue weighted by Crippen LogP contribution is 2.16. The molecule has 0 aliphatic heterocycles. The topological polar surface area (TPSA) is 80.5 Å². The Morgan fingerprint density at radius 2 is 2.25 bits per heavy atom. The lowest BCUT2D eigenvalue weighted by molar-refractivity contribution is -0.140. The van der Waals surface area contributed by atoms with Gasteiger partial charge in [-0.05, 0) is 6.42 Å². The van der Waals surface area contributed by atoms with Crippen LogP contribution in [0, 0.1) is 0 Å². The smallest absolute Gasteiger partial charge is 0.307 e. The first-order valence-corrected chi connectivity index (χ1v) is 6.63. The summed E-state index contributed by atoms with van der Waals surface area (Å²) < 4.78 is 6.50. The molecule has 2 rings (SSSR count). The molecule has 0 saturated heterocycles. The van der Waals surface area contributed by atoms with E-state index in [1.807, 2.05) is 16.8 Å². The van der Waals surface area contributed by atoms with Gasteiger partial charge in [0.05, 0.1) is 19.7 Å². The Kier molecular flexibility index (Phi) is 4.75. The number of nitrogens with zero attached hydrogens (tertiary/aromatic N) is 3. The van der Waals surface area contributed by atoms with Gasteiger partial charge < -0.3 is 19.8 Å². The minimum atomic E-state index is -0.253. The highest BCUT2D eigenvalue weighted by molar-refractivity contribution is 5.71. The molecule has 0 aliphatic rings. The lowest BCUT2D eigenvalue weighted by Gasteiger charge is -2.10. The number of aromatic nitrogens is 3. The SMILES string of the molecule is CCCNc1cn2ccnc2c(NCCC(=O)OC)n1. The summed E-state index contributed by atoms with van der Waals surface area (Å²) in [6.07, 6.45) is 6.78. The van der Waals surface area contributed by atoms with Crippen LogP contribution in [-0.2, 0) is 9.53 Å². The van der Waals surface area contributed by atoms with Gasteiger partial charge in [-0.1, -0.05) is 6.92 Å². The van der Waals surface area contributed by atoms with Crippen molar-refractivity contribution in [3.63, 3.8) is 0 Å². The quantitative estimate of drug-likeness (QED) is 0.747. The predicted octanol–water partition coefficient (Wildman–Crippen LogP) is 1.53. The van der Waals surface area contributed by atoms with Crippen molar-refractivity contribution in [3.05, 3.63) is 18.6 Å². The van der Waals surface area contributed by atoms with Gasteiger partial charge in [0.15, 0.2) is 11.5 Å². The van der Waals surface area contributed by atoms with E-state index in [0.29, 0.717) is 12.4 Å². The summed E-state index contributed by atoms with van der Waals surface area (Å²) in [5, 5.41) is 6.36. The average molecular weight is 277 g/mol. The van der Waals surface area contributed by atoms with Crippen LogP contribution in [0.15, 0.2) is 18.6 Å². The van der Waals surface area contributed by atoms with Gasteiger partial charge in [-0.2, -0.15) is 0 Å². The van der Waals surface area contributed by atoms with Gasteiger partial charge in [-0.15, -0.1) is 0 Å². The van der Waals surface area contributed by atoms with Crippen molar-refractivity contribution in [3.8, 4) is 0 Å². The summed E-state index contributed by atoms with van der Waals surface area (Å²) in [4.78, 5) is 19.8. The zero-order chi connectivity index (χ0) is 14.4. The number of anilines is 2. The van der Waals surface area contributed by atoms with E-state index >= 15 is 0 Å². The third-order valence-electron chi connectivity index (χ3n) is 2.78. The Bertz CT molecular complexity index is 581. The number of hydrogen-bond acceptors (Lipinski definition) is 6. The lowest BCUT2D eigenvalue weighted by atomic mass is 10.4. The number of esters is 1. The average Bonchev–Trinajstić information content (AvgIpc) is 2.93. The molecule has 2 heterocycles. The van der Waals surface area contributed by atoms with Gasteiger partial charge in [0.2, 0.25) is 0 Å². The fraction of sp³-hybridized carbons (Fsp3) is 0.462. The fourth-order valence-corrected chi connectivity index (χ4v) is 1.77. The van der Waals surface area contributed by atoms with E-state index in [4.69, 9.17) is 0 Å². The van der Waals surface area contributed by atoms with Crippen molar-refractivity contribution in [2.75, 3.05) is 30.8 Å². The minimum Gasteiger partial charge on any atom is -0.469 e. The number of fused-ring (bicyclic) bond motifs is 1. The van der Waals surface area contributed by atoms with Gasteiger partial charge in [0.1, 0.15) is 5.82 Å². The summed E-state index contributed by atoms with van der Waals surface area (Å²) >= 11 is 0. The Morgan fingerprint density at radius 3 is 3.00 bits per heavy atom. The van der Waals surface area contributed by atoms with Crippen LogP contribution in [0.5, 0.6) is 0 Å².